The molecule has 5 nitrogen and oxygen atoms in total. The zero-order valence-electron chi connectivity index (χ0n) is 14.3. The van der Waals surface area contributed by atoms with E-state index >= 15 is 0 Å². The Morgan fingerprint density at radius 1 is 1.20 bits per heavy atom. The maximum absolute atomic E-state index is 13.7. The Morgan fingerprint density at radius 2 is 2.00 bits per heavy atom. The van der Waals surface area contributed by atoms with Crippen molar-refractivity contribution in [2.45, 2.75) is 44.4 Å². The van der Waals surface area contributed by atoms with Crippen molar-refractivity contribution >= 4 is 11.6 Å². The second kappa shape index (κ2) is 7.89. The number of nitrogens with zero attached hydrogens (tertiary/aromatic N) is 1. The van der Waals surface area contributed by atoms with E-state index in [0.29, 0.717) is 37.7 Å². The predicted molar refractivity (Wildman–Crippen MR) is 93.7 cm³/mol. The molecule has 0 radical (unpaired) electrons. The van der Waals surface area contributed by atoms with E-state index in [9.17, 15) is 8.78 Å². The Hall–Kier alpha value is -2.05. The largest absolute Gasteiger partial charge is 0.490 e. The maximum atomic E-state index is 13.7. The van der Waals surface area contributed by atoms with Crippen LogP contribution in [0.5, 0.6) is 11.5 Å². The second-order valence-electron chi connectivity index (χ2n) is 6.73. The lowest BCUT2D eigenvalue weighted by atomic mass is 9.99. The summed E-state index contributed by atoms with van der Waals surface area (Å²) in [6.07, 6.45) is 2.90. The van der Waals surface area contributed by atoms with E-state index in [1.54, 1.807) is 0 Å². The smallest absolute Gasteiger partial charge is 0.248 e. The minimum atomic E-state index is -2.58. The molecule has 7 heteroatoms. The zero-order chi connectivity index (χ0) is 17.7. The van der Waals surface area contributed by atoms with Gasteiger partial charge in [0.25, 0.3) is 0 Å². The fourth-order valence-corrected chi connectivity index (χ4v) is 3.25. The van der Waals surface area contributed by atoms with Gasteiger partial charge in [-0.3, -0.25) is 4.99 Å². The first-order chi connectivity index (χ1) is 12.0. The third-order valence-corrected chi connectivity index (χ3v) is 4.53. The van der Waals surface area contributed by atoms with E-state index in [1.165, 1.54) is 0 Å². The highest BCUT2D eigenvalue weighted by Crippen LogP contribution is 2.35. The minimum absolute atomic E-state index is 0.0157. The highest BCUT2D eigenvalue weighted by molar-refractivity contribution is 5.92. The molecule has 1 aromatic rings. The van der Waals surface area contributed by atoms with Gasteiger partial charge in [-0.15, -0.1) is 0 Å². The molecule has 0 amide bonds. The number of rotatable bonds is 3. The van der Waals surface area contributed by atoms with E-state index < -0.39 is 5.92 Å². The molecule has 1 fully saturated rings. The van der Waals surface area contributed by atoms with E-state index in [1.807, 2.05) is 18.2 Å². The number of aliphatic imine (C=N–C) groups is 1. The van der Waals surface area contributed by atoms with Gasteiger partial charge in [-0.25, -0.2) is 8.78 Å². The first-order valence-electron chi connectivity index (χ1n) is 8.86. The summed E-state index contributed by atoms with van der Waals surface area (Å²) in [5.41, 5.74) is 6.65. The number of guanidine groups is 1. The van der Waals surface area contributed by atoms with Crippen LogP contribution in [0.15, 0.2) is 23.2 Å². The molecule has 1 unspecified atom stereocenters. The lowest BCUT2D eigenvalue weighted by Gasteiger charge is -2.18. The number of hydrogen-bond donors (Lipinski definition) is 2. The molecule has 3 rings (SSSR count). The molecule has 25 heavy (non-hydrogen) atoms. The summed E-state index contributed by atoms with van der Waals surface area (Å²) in [5, 5.41) is 2.99. The number of alkyl halides is 2. The van der Waals surface area contributed by atoms with Crippen LogP contribution in [0, 0.1) is 5.92 Å². The van der Waals surface area contributed by atoms with Gasteiger partial charge in [-0.05, 0) is 30.9 Å². The predicted octanol–water partition coefficient (Wildman–Crippen LogP) is 3.79. The molecule has 3 N–H and O–H groups in total. The third kappa shape index (κ3) is 5.21. The van der Waals surface area contributed by atoms with Crippen LogP contribution in [-0.4, -0.2) is 31.6 Å². The van der Waals surface area contributed by atoms with Crippen LogP contribution in [0.1, 0.15) is 38.5 Å². The molecule has 0 aromatic heterocycles. The molecule has 138 valence electrons. The fraction of sp³-hybridized carbons (Fsp3) is 0.611. The number of halogens is 2. The van der Waals surface area contributed by atoms with Crippen LogP contribution in [0.3, 0.4) is 0 Å². The average molecular weight is 353 g/mol. The number of fused-ring (bicyclic) bond motifs is 1. The molecule has 1 aromatic carbocycles. The molecule has 1 atom stereocenters. The first kappa shape index (κ1) is 17.8. The molecule has 1 aliphatic heterocycles. The van der Waals surface area contributed by atoms with Crippen LogP contribution in [0.2, 0.25) is 0 Å². The monoisotopic (exact) mass is 353 g/mol. The van der Waals surface area contributed by atoms with E-state index in [2.05, 4.69) is 10.3 Å². The van der Waals surface area contributed by atoms with Crippen LogP contribution < -0.4 is 20.5 Å². The van der Waals surface area contributed by atoms with Gasteiger partial charge in [0.1, 0.15) is 0 Å². The van der Waals surface area contributed by atoms with E-state index in [0.717, 1.165) is 24.9 Å². The number of anilines is 1. The standard InChI is InChI=1S/C18H25F2N3O2/c19-18(20)7-2-1-4-13(11-18)12-22-17(21)23-14-5-6-15-16(10-14)25-9-3-8-24-15/h5-6,10,13H,1-4,7-9,11-12H2,(H3,21,22,23). The topological polar surface area (TPSA) is 68.9 Å². The van der Waals surface area contributed by atoms with Crippen LogP contribution in [0.25, 0.3) is 0 Å². The van der Waals surface area contributed by atoms with Crippen molar-refractivity contribution in [2.24, 2.45) is 16.6 Å². The molecular formula is C18H25F2N3O2. The van der Waals surface area contributed by atoms with Crippen LogP contribution in [0.4, 0.5) is 14.5 Å². The Labute approximate surface area is 146 Å². The SMILES string of the molecule is NC(=NCC1CCCCC(F)(F)C1)Nc1ccc2c(c1)OCCCO2. The lowest BCUT2D eigenvalue weighted by molar-refractivity contribution is -0.0241. The second-order valence-corrected chi connectivity index (χ2v) is 6.73. The lowest BCUT2D eigenvalue weighted by Crippen LogP contribution is -2.25. The Balaban J connectivity index is 1.59. The van der Waals surface area contributed by atoms with Gasteiger partial charge in [0.05, 0.1) is 13.2 Å². The van der Waals surface area contributed by atoms with E-state index in [-0.39, 0.29) is 24.7 Å². The molecule has 2 aliphatic rings. The van der Waals surface area contributed by atoms with Crippen molar-refractivity contribution in [1.29, 1.82) is 0 Å². The van der Waals surface area contributed by atoms with Crippen molar-refractivity contribution in [3.05, 3.63) is 18.2 Å². The van der Waals surface area contributed by atoms with Crippen LogP contribution >= 0.6 is 0 Å². The number of hydrogen-bond acceptors (Lipinski definition) is 3. The van der Waals surface area contributed by atoms with Crippen molar-refractivity contribution in [3.63, 3.8) is 0 Å². The summed E-state index contributed by atoms with van der Waals surface area (Å²) < 4.78 is 38.5. The van der Waals surface area contributed by atoms with Gasteiger partial charge in [0, 0.05) is 37.6 Å². The summed E-state index contributed by atoms with van der Waals surface area (Å²) in [4.78, 5) is 4.26. The molecular weight excluding hydrogens is 328 g/mol. The molecule has 0 spiro atoms. The summed E-state index contributed by atoms with van der Waals surface area (Å²) in [7, 11) is 0. The van der Waals surface area contributed by atoms with Gasteiger partial charge < -0.3 is 20.5 Å². The maximum Gasteiger partial charge on any atom is 0.248 e. The van der Waals surface area contributed by atoms with E-state index in [4.69, 9.17) is 15.2 Å². The Kier molecular flexibility index (Phi) is 5.60. The van der Waals surface area contributed by atoms with Gasteiger partial charge >= 0.3 is 0 Å². The molecule has 1 saturated carbocycles. The van der Waals surface area contributed by atoms with Crippen molar-refractivity contribution in [3.8, 4) is 11.5 Å². The van der Waals surface area contributed by atoms with Crippen molar-refractivity contribution in [2.75, 3.05) is 25.1 Å². The highest BCUT2D eigenvalue weighted by Gasteiger charge is 2.34. The fourth-order valence-electron chi connectivity index (χ4n) is 3.25. The number of ether oxygens (including phenoxy) is 2. The highest BCUT2D eigenvalue weighted by atomic mass is 19.3. The molecule has 0 bridgehead atoms. The van der Waals surface area contributed by atoms with Gasteiger partial charge in [0.2, 0.25) is 5.92 Å². The quantitative estimate of drug-likeness (QED) is 0.493. The third-order valence-electron chi connectivity index (χ3n) is 4.53. The number of nitrogens with two attached hydrogens (primary N) is 1. The molecule has 0 saturated heterocycles. The average Bonchev–Trinajstić information content (AvgIpc) is 2.90. The summed E-state index contributed by atoms with van der Waals surface area (Å²) in [6.45, 7) is 1.56. The minimum Gasteiger partial charge on any atom is -0.490 e. The number of nitrogens with one attached hydrogen (secondary N) is 1. The molecule has 1 aliphatic carbocycles. The van der Waals surface area contributed by atoms with Crippen molar-refractivity contribution in [1.82, 2.24) is 0 Å². The summed E-state index contributed by atoms with van der Waals surface area (Å²) in [6, 6.07) is 5.46. The summed E-state index contributed by atoms with van der Waals surface area (Å²) >= 11 is 0. The Morgan fingerprint density at radius 3 is 2.84 bits per heavy atom. The van der Waals surface area contributed by atoms with Crippen molar-refractivity contribution < 1.29 is 18.3 Å². The first-order valence-corrected chi connectivity index (χ1v) is 8.86. The van der Waals surface area contributed by atoms with Crippen LogP contribution in [-0.2, 0) is 0 Å². The van der Waals surface area contributed by atoms with Gasteiger partial charge in [-0.1, -0.05) is 6.42 Å². The van der Waals surface area contributed by atoms with Gasteiger partial charge in [0.15, 0.2) is 17.5 Å². The van der Waals surface area contributed by atoms with Gasteiger partial charge in [-0.2, -0.15) is 0 Å². The number of benzene rings is 1. The Bertz CT molecular complexity index is 622. The molecule has 1 heterocycles. The summed E-state index contributed by atoms with van der Waals surface area (Å²) in [5.74, 6) is -1.10. The normalized spacial score (nSPS) is 23.4. The zero-order valence-corrected chi connectivity index (χ0v) is 14.3.